The summed E-state index contributed by atoms with van der Waals surface area (Å²) in [5, 5.41) is 0. The second-order valence-corrected chi connectivity index (χ2v) is 9.26. The zero-order valence-corrected chi connectivity index (χ0v) is 18.0. The molecule has 0 bridgehead atoms. The molecule has 178 valence electrons. The van der Waals surface area contributed by atoms with Crippen LogP contribution in [0.3, 0.4) is 0 Å². The average molecular weight is 497 g/mol. The molecule has 0 saturated carbocycles. The first-order valence-corrected chi connectivity index (χ1v) is 12.0. The number of fused-ring (bicyclic) bond motifs is 1. The van der Waals surface area contributed by atoms with Crippen LogP contribution < -0.4 is 17.0 Å². The van der Waals surface area contributed by atoms with Crippen molar-refractivity contribution in [2.45, 2.75) is 30.9 Å². The number of esters is 1. The highest BCUT2D eigenvalue weighted by Gasteiger charge is 2.41. The monoisotopic (exact) mass is 497 g/mol. The zero-order chi connectivity index (χ0) is 23.7. The Morgan fingerprint density at radius 3 is 2.69 bits per heavy atom. The molecule has 2 aromatic heterocycles. The molecule has 0 amide bonds. The summed E-state index contributed by atoms with van der Waals surface area (Å²) in [6.07, 6.45) is -0.330. The molecule has 17 nitrogen and oxygen atoms in total. The first-order valence-electron chi connectivity index (χ1n) is 8.84. The van der Waals surface area contributed by atoms with Crippen molar-refractivity contribution in [3.8, 4) is 0 Å². The summed E-state index contributed by atoms with van der Waals surface area (Å²) >= 11 is 0. The van der Waals surface area contributed by atoms with Crippen LogP contribution in [0.15, 0.2) is 12.7 Å². The number of carbonyl (C=O) groups is 1. The van der Waals surface area contributed by atoms with Gasteiger partial charge in [0.2, 0.25) is 0 Å². The zero-order valence-electron chi connectivity index (χ0n) is 16.2. The lowest BCUT2D eigenvalue weighted by atomic mass is 10.2. The van der Waals surface area contributed by atoms with Crippen LogP contribution in [-0.4, -0.2) is 71.6 Å². The van der Waals surface area contributed by atoms with Crippen LogP contribution in [0.4, 0.5) is 5.82 Å². The van der Waals surface area contributed by atoms with E-state index in [4.69, 9.17) is 40.8 Å². The number of aromatic nitrogens is 4. The highest BCUT2D eigenvalue weighted by atomic mass is 31.2. The van der Waals surface area contributed by atoms with Crippen LogP contribution in [0.5, 0.6) is 0 Å². The van der Waals surface area contributed by atoms with Gasteiger partial charge in [-0.15, -0.1) is 0 Å². The number of imidazole rings is 1. The van der Waals surface area contributed by atoms with Crippen molar-refractivity contribution >= 4 is 38.5 Å². The molecule has 19 heteroatoms. The van der Waals surface area contributed by atoms with Crippen molar-refractivity contribution in [3.05, 3.63) is 12.7 Å². The van der Waals surface area contributed by atoms with Gasteiger partial charge in [-0.05, 0) is 0 Å². The minimum absolute atomic E-state index is 0.00665. The van der Waals surface area contributed by atoms with Gasteiger partial charge in [0.1, 0.15) is 42.9 Å². The van der Waals surface area contributed by atoms with Gasteiger partial charge in [0.25, 0.3) is 0 Å². The van der Waals surface area contributed by atoms with Crippen LogP contribution in [0, 0.1) is 0 Å². The lowest BCUT2D eigenvalue weighted by Gasteiger charge is -2.20. The molecule has 0 aliphatic carbocycles. The van der Waals surface area contributed by atoms with Crippen LogP contribution in [0.25, 0.3) is 11.2 Å². The van der Waals surface area contributed by atoms with Crippen molar-refractivity contribution in [3.63, 3.8) is 0 Å². The van der Waals surface area contributed by atoms with E-state index in [-0.39, 0.29) is 12.2 Å². The molecule has 1 unspecified atom stereocenters. The predicted octanol–water partition coefficient (Wildman–Crippen LogP) is -1.88. The molecule has 1 aliphatic heterocycles. The number of anilines is 1. The van der Waals surface area contributed by atoms with Gasteiger partial charge in [0, 0.05) is 6.42 Å². The maximum atomic E-state index is 12.0. The van der Waals surface area contributed by atoms with Gasteiger partial charge < -0.3 is 35.6 Å². The minimum Gasteiger partial charge on any atom is -0.462 e. The fourth-order valence-corrected chi connectivity index (χ4v) is 3.89. The number of phosphoric acid groups is 1. The molecular formula is C13H21N7O10P2. The van der Waals surface area contributed by atoms with Crippen molar-refractivity contribution in [2.75, 3.05) is 18.9 Å². The molecule has 1 saturated heterocycles. The minimum atomic E-state index is -4.83. The summed E-state index contributed by atoms with van der Waals surface area (Å²) in [5.41, 5.74) is 17.0. The van der Waals surface area contributed by atoms with E-state index in [0.717, 1.165) is 0 Å². The predicted molar refractivity (Wildman–Crippen MR) is 104 cm³/mol. The molecular weight excluding hydrogens is 476 g/mol. The number of hydrogen-bond acceptors (Lipinski definition) is 12. The van der Waals surface area contributed by atoms with Gasteiger partial charge in [0.15, 0.2) is 11.5 Å². The van der Waals surface area contributed by atoms with E-state index in [1.54, 1.807) is 0 Å². The maximum absolute atomic E-state index is 12.0. The summed E-state index contributed by atoms with van der Waals surface area (Å²) < 4.78 is 43.7. The summed E-state index contributed by atoms with van der Waals surface area (Å²) in [5.74, 6) is -0.920. The SMILES string of the molecule is Nc1ncnc2c1ncn2[C@H]1C[C@H](OP(N)(=O)O)[C@@H](COC(=O)[C@@H](N)COP(=O)(O)O)O1. The fourth-order valence-electron chi connectivity index (χ4n) is 2.92. The number of carbonyl (C=O) groups excluding carboxylic acids is 1. The Morgan fingerprint density at radius 1 is 1.31 bits per heavy atom. The Balaban J connectivity index is 1.70. The summed E-state index contributed by atoms with van der Waals surface area (Å²) in [6.45, 7) is -1.28. The molecule has 1 aliphatic rings. The van der Waals surface area contributed by atoms with Crippen molar-refractivity contribution in [1.29, 1.82) is 0 Å². The number of rotatable bonds is 9. The Bertz CT molecular complexity index is 1070. The van der Waals surface area contributed by atoms with Crippen LogP contribution >= 0.6 is 15.6 Å². The Kier molecular flexibility index (Phi) is 7.26. The van der Waals surface area contributed by atoms with E-state index in [1.165, 1.54) is 17.2 Å². The van der Waals surface area contributed by atoms with E-state index in [2.05, 4.69) is 19.5 Å². The first-order chi connectivity index (χ1) is 14.8. The quantitative estimate of drug-likeness (QED) is 0.163. The smallest absolute Gasteiger partial charge is 0.462 e. The normalized spacial score (nSPS) is 24.3. The Morgan fingerprint density at radius 2 is 2.03 bits per heavy atom. The molecule has 9 N–H and O–H groups in total. The molecule has 32 heavy (non-hydrogen) atoms. The van der Waals surface area contributed by atoms with Crippen molar-refractivity contribution < 1.29 is 47.1 Å². The molecule has 3 heterocycles. The molecule has 0 aromatic carbocycles. The van der Waals surface area contributed by atoms with Gasteiger partial charge in [-0.25, -0.2) is 29.6 Å². The third kappa shape index (κ3) is 6.26. The average Bonchev–Trinajstić information content (AvgIpc) is 3.27. The summed E-state index contributed by atoms with van der Waals surface area (Å²) in [6, 6.07) is -1.50. The third-order valence-electron chi connectivity index (χ3n) is 4.28. The summed E-state index contributed by atoms with van der Waals surface area (Å²) in [4.78, 5) is 50.8. The van der Waals surface area contributed by atoms with E-state index >= 15 is 0 Å². The molecule has 5 atom stereocenters. The van der Waals surface area contributed by atoms with Gasteiger partial charge in [-0.2, -0.15) is 0 Å². The molecule has 3 rings (SSSR count). The Hall–Kier alpha value is -2.04. The molecule has 2 aromatic rings. The van der Waals surface area contributed by atoms with E-state index < -0.39 is 59.2 Å². The maximum Gasteiger partial charge on any atom is 0.469 e. The molecule has 0 radical (unpaired) electrons. The number of hydrogen-bond donors (Lipinski definition) is 6. The number of nitrogen functional groups attached to an aromatic ring is 1. The highest BCUT2D eigenvalue weighted by molar-refractivity contribution is 7.50. The lowest BCUT2D eigenvalue weighted by molar-refractivity contribution is -0.152. The first kappa shape index (κ1) is 24.6. The van der Waals surface area contributed by atoms with Crippen LogP contribution in [0.2, 0.25) is 0 Å². The lowest BCUT2D eigenvalue weighted by Crippen LogP contribution is -2.39. The largest absolute Gasteiger partial charge is 0.469 e. The van der Waals surface area contributed by atoms with Gasteiger partial charge in [0.05, 0.1) is 12.9 Å². The fraction of sp³-hybridized carbons (Fsp3) is 0.538. The second-order valence-electron chi connectivity index (χ2n) is 6.68. The van der Waals surface area contributed by atoms with Crippen LogP contribution in [-0.2, 0) is 32.4 Å². The number of phosphoric ester groups is 1. The molecule has 1 fully saturated rings. The van der Waals surface area contributed by atoms with Gasteiger partial charge in [-0.3, -0.25) is 18.4 Å². The number of ether oxygens (including phenoxy) is 2. The summed E-state index contributed by atoms with van der Waals surface area (Å²) in [7, 11) is -9.26. The molecule has 0 spiro atoms. The van der Waals surface area contributed by atoms with E-state index in [0.29, 0.717) is 11.2 Å². The number of nitrogens with two attached hydrogens (primary N) is 3. The van der Waals surface area contributed by atoms with E-state index in [9.17, 15) is 18.8 Å². The Labute approximate surface area is 179 Å². The standard InChI is InChI=1S/C13H21N7O10P2/c14-6(2-28-32(24,25)26)13(21)27-3-8-7(30-31(16,22)23)1-9(29-8)20-5-19-10-11(15)17-4-18-12(10)20/h4-9H,1-3,14H2,(H2,15,17,18)(H3,16,22,23)(H2,24,25,26)/t6-,7-,8+,9+/m0/s1. The van der Waals surface area contributed by atoms with Gasteiger partial charge >= 0.3 is 21.5 Å². The second kappa shape index (κ2) is 9.44. The topological polar surface area (TPSA) is 270 Å². The van der Waals surface area contributed by atoms with Crippen molar-refractivity contribution in [1.82, 2.24) is 19.5 Å². The number of nitrogens with zero attached hydrogens (tertiary/aromatic N) is 4. The van der Waals surface area contributed by atoms with E-state index in [1.807, 2.05) is 0 Å². The highest BCUT2D eigenvalue weighted by Crippen LogP contribution is 2.42. The van der Waals surface area contributed by atoms with Crippen LogP contribution in [0.1, 0.15) is 12.6 Å². The third-order valence-corrected chi connectivity index (χ3v) is 5.34. The van der Waals surface area contributed by atoms with Gasteiger partial charge in [-0.1, -0.05) is 0 Å². The van der Waals surface area contributed by atoms with Crippen molar-refractivity contribution in [2.24, 2.45) is 11.2 Å².